The SMILES string of the molecule is Clc1ccc(-n2c(Cn3cnnn3)nnc2[C@H]2CC[C@H](Oc3ccccn3)CC2)cc1. The molecule has 10 heteroatoms. The number of halogens is 1. The Kier molecular flexibility index (Phi) is 5.57. The van der Waals surface area contributed by atoms with Crippen LogP contribution in [-0.4, -0.2) is 46.1 Å². The molecular formula is C21H21ClN8O. The van der Waals surface area contributed by atoms with Crippen molar-refractivity contribution in [3.05, 3.63) is 71.7 Å². The van der Waals surface area contributed by atoms with Crippen LogP contribution in [0.3, 0.4) is 0 Å². The van der Waals surface area contributed by atoms with E-state index < -0.39 is 0 Å². The molecule has 0 spiro atoms. The van der Waals surface area contributed by atoms with Crippen LogP contribution in [0, 0.1) is 0 Å². The molecule has 3 heterocycles. The monoisotopic (exact) mass is 436 g/mol. The smallest absolute Gasteiger partial charge is 0.213 e. The highest BCUT2D eigenvalue weighted by molar-refractivity contribution is 6.30. The standard InChI is InChI=1S/C21H21ClN8O/c22-16-6-8-17(9-7-16)30-19(13-29-14-24-27-28-29)25-26-21(30)15-4-10-18(11-5-15)31-20-3-1-2-12-23-20/h1-3,6-9,12,14-15,18H,4-5,10-11,13H2/t15-,18-. The average Bonchev–Trinajstić information content (AvgIpc) is 3.46. The van der Waals surface area contributed by atoms with Gasteiger partial charge in [0.1, 0.15) is 24.8 Å². The molecule has 0 radical (unpaired) electrons. The number of ether oxygens (including phenoxy) is 1. The Morgan fingerprint density at radius 3 is 2.55 bits per heavy atom. The van der Waals surface area contributed by atoms with E-state index in [1.165, 1.54) is 0 Å². The highest BCUT2D eigenvalue weighted by Gasteiger charge is 2.29. The van der Waals surface area contributed by atoms with Crippen LogP contribution in [0.2, 0.25) is 5.02 Å². The lowest BCUT2D eigenvalue weighted by Crippen LogP contribution is -2.25. The topological polar surface area (TPSA) is 96.4 Å². The van der Waals surface area contributed by atoms with Crippen LogP contribution in [0.25, 0.3) is 5.69 Å². The van der Waals surface area contributed by atoms with Crippen LogP contribution < -0.4 is 4.74 Å². The van der Waals surface area contributed by atoms with Gasteiger partial charge in [-0.25, -0.2) is 9.67 Å². The second-order valence-corrected chi connectivity index (χ2v) is 7.99. The van der Waals surface area contributed by atoms with E-state index in [4.69, 9.17) is 16.3 Å². The van der Waals surface area contributed by atoms with Crippen LogP contribution in [-0.2, 0) is 6.54 Å². The van der Waals surface area contributed by atoms with E-state index in [1.807, 2.05) is 42.5 Å². The summed E-state index contributed by atoms with van der Waals surface area (Å²) in [4.78, 5) is 4.27. The molecule has 158 valence electrons. The predicted molar refractivity (Wildman–Crippen MR) is 113 cm³/mol. The molecule has 0 saturated heterocycles. The molecule has 0 atom stereocenters. The van der Waals surface area contributed by atoms with Gasteiger partial charge in [0.05, 0.1) is 0 Å². The molecule has 3 aromatic heterocycles. The van der Waals surface area contributed by atoms with Gasteiger partial charge < -0.3 is 4.74 Å². The van der Waals surface area contributed by atoms with Crippen molar-refractivity contribution in [2.24, 2.45) is 0 Å². The number of rotatable bonds is 6. The zero-order valence-electron chi connectivity index (χ0n) is 16.8. The Morgan fingerprint density at radius 1 is 1.00 bits per heavy atom. The first kappa shape index (κ1) is 19.6. The predicted octanol–water partition coefficient (Wildman–Crippen LogP) is 3.46. The van der Waals surface area contributed by atoms with Crippen molar-refractivity contribution in [2.45, 2.75) is 44.2 Å². The molecule has 4 aromatic rings. The Labute approximate surface area is 184 Å². The summed E-state index contributed by atoms with van der Waals surface area (Å²) in [5, 5.41) is 21.1. The van der Waals surface area contributed by atoms with Crippen LogP contribution in [0.4, 0.5) is 0 Å². The van der Waals surface area contributed by atoms with E-state index in [1.54, 1.807) is 17.2 Å². The molecule has 0 amide bonds. The summed E-state index contributed by atoms with van der Waals surface area (Å²) in [5.74, 6) is 2.69. The molecular weight excluding hydrogens is 416 g/mol. The number of benzene rings is 1. The second-order valence-electron chi connectivity index (χ2n) is 7.55. The van der Waals surface area contributed by atoms with Crippen LogP contribution in [0.1, 0.15) is 43.3 Å². The zero-order valence-corrected chi connectivity index (χ0v) is 17.5. The van der Waals surface area contributed by atoms with E-state index in [9.17, 15) is 0 Å². The lowest BCUT2D eigenvalue weighted by molar-refractivity contribution is 0.139. The quantitative estimate of drug-likeness (QED) is 0.456. The van der Waals surface area contributed by atoms with Gasteiger partial charge in [0.25, 0.3) is 0 Å². The first-order valence-electron chi connectivity index (χ1n) is 10.2. The summed E-state index contributed by atoms with van der Waals surface area (Å²) in [6, 6.07) is 13.4. The maximum absolute atomic E-state index is 6.11. The number of nitrogens with zero attached hydrogens (tertiary/aromatic N) is 8. The molecule has 1 aliphatic carbocycles. The van der Waals surface area contributed by atoms with Crippen molar-refractivity contribution < 1.29 is 4.74 Å². The fraction of sp³-hybridized carbons (Fsp3) is 0.333. The number of tetrazole rings is 1. The number of hydrogen-bond donors (Lipinski definition) is 0. The van der Waals surface area contributed by atoms with Gasteiger partial charge in [-0.2, -0.15) is 0 Å². The minimum Gasteiger partial charge on any atom is -0.474 e. The maximum atomic E-state index is 6.11. The first-order valence-corrected chi connectivity index (χ1v) is 10.6. The third kappa shape index (κ3) is 4.41. The molecule has 0 unspecified atom stereocenters. The molecule has 9 nitrogen and oxygen atoms in total. The Bertz CT molecular complexity index is 1110. The van der Waals surface area contributed by atoms with Gasteiger partial charge in [-0.1, -0.05) is 17.7 Å². The minimum atomic E-state index is 0.166. The van der Waals surface area contributed by atoms with Gasteiger partial charge >= 0.3 is 0 Å². The zero-order chi connectivity index (χ0) is 21.0. The summed E-state index contributed by atoms with van der Waals surface area (Å²) in [6.07, 6.45) is 7.30. The van der Waals surface area contributed by atoms with Crippen LogP contribution in [0.5, 0.6) is 5.88 Å². The summed E-state index contributed by atoms with van der Waals surface area (Å²) in [6.45, 7) is 0.431. The summed E-state index contributed by atoms with van der Waals surface area (Å²) >= 11 is 6.11. The van der Waals surface area contributed by atoms with Crippen molar-refractivity contribution >= 4 is 11.6 Å². The highest BCUT2D eigenvalue weighted by atomic mass is 35.5. The fourth-order valence-corrected chi connectivity index (χ4v) is 4.12. The molecule has 0 N–H and O–H groups in total. The lowest BCUT2D eigenvalue weighted by Gasteiger charge is -2.28. The Hall–Kier alpha value is -3.33. The normalized spacial score (nSPS) is 18.7. The van der Waals surface area contributed by atoms with Crippen LogP contribution >= 0.6 is 11.6 Å². The summed E-state index contributed by atoms with van der Waals surface area (Å²) < 4.78 is 9.79. The van der Waals surface area contributed by atoms with Crippen molar-refractivity contribution in [2.75, 3.05) is 0 Å². The third-order valence-electron chi connectivity index (χ3n) is 5.50. The number of aromatic nitrogens is 8. The molecule has 1 saturated carbocycles. The second kappa shape index (κ2) is 8.81. The van der Waals surface area contributed by atoms with E-state index in [2.05, 4.69) is 35.3 Å². The fourth-order valence-electron chi connectivity index (χ4n) is 3.99. The molecule has 0 aliphatic heterocycles. The van der Waals surface area contributed by atoms with Gasteiger partial charge in [0.15, 0.2) is 5.82 Å². The van der Waals surface area contributed by atoms with Crippen molar-refractivity contribution in [3.8, 4) is 11.6 Å². The number of hydrogen-bond acceptors (Lipinski definition) is 7. The maximum Gasteiger partial charge on any atom is 0.213 e. The minimum absolute atomic E-state index is 0.166. The largest absolute Gasteiger partial charge is 0.474 e. The van der Waals surface area contributed by atoms with Crippen molar-refractivity contribution in [1.29, 1.82) is 0 Å². The van der Waals surface area contributed by atoms with E-state index in [-0.39, 0.29) is 12.0 Å². The average molecular weight is 437 g/mol. The van der Waals surface area contributed by atoms with Gasteiger partial charge in [0.2, 0.25) is 5.88 Å². The van der Waals surface area contributed by atoms with Gasteiger partial charge in [-0.05, 0) is 66.4 Å². The van der Waals surface area contributed by atoms with Gasteiger partial charge in [0, 0.05) is 28.9 Å². The van der Waals surface area contributed by atoms with Crippen LogP contribution in [0.15, 0.2) is 55.0 Å². The molecule has 5 rings (SSSR count). The van der Waals surface area contributed by atoms with E-state index >= 15 is 0 Å². The van der Waals surface area contributed by atoms with E-state index in [0.29, 0.717) is 17.4 Å². The van der Waals surface area contributed by atoms with Crippen molar-refractivity contribution in [1.82, 2.24) is 40.0 Å². The van der Waals surface area contributed by atoms with Gasteiger partial charge in [-0.15, -0.1) is 15.3 Å². The molecule has 1 aliphatic rings. The highest BCUT2D eigenvalue weighted by Crippen LogP contribution is 2.35. The third-order valence-corrected chi connectivity index (χ3v) is 5.75. The van der Waals surface area contributed by atoms with Crippen molar-refractivity contribution in [3.63, 3.8) is 0 Å². The Morgan fingerprint density at radius 2 is 1.84 bits per heavy atom. The molecule has 31 heavy (non-hydrogen) atoms. The van der Waals surface area contributed by atoms with E-state index in [0.717, 1.165) is 43.0 Å². The molecule has 1 fully saturated rings. The molecule has 0 bridgehead atoms. The van der Waals surface area contributed by atoms with Gasteiger partial charge in [-0.3, -0.25) is 4.57 Å². The summed E-state index contributed by atoms with van der Waals surface area (Å²) in [7, 11) is 0. The number of pyridine rings is 1. The molecule has 1 aromatic carbocycles. The lowest BCUT2D eigenvalue weighted by atomic mass is 9.86. The Balaban J connectivity index is 1.37. The first-order chi connectivity index (χ1) is 15.3. The summed E-state index contributed by atoms with van der Waals surface area (Å²) in [5.41, 5.74) is 0.972.